The van der Waals surface area contributed by atoms with E-state index in [1.165, 1.54) is 9.21 Å². The Kier molecular flexibility index (Phi) is 10.3. The summed E-state index contributed by atoms with van der Waals surface area (Å²) in [4.78, 5) is 27.7. The standard InChI is InChI=1S/C27H36ClN3O6S/c1-19(2)17-29-27(33)20(3)30(18-21-7-5-8-22(28)15-21)26(32)9-6-12-31(38(4,34)35)23-10-11-24-25(16-23)37-14-13-36-24/h5,7-8,10-11,15-16,19-20H,6,9,12-14,17-18H2,1-4H3,(H,29,33). The van der Waals surface area contributed by atoms with Gasteiger partial charge >= 0.3 is 0 Å². The molecule has 1 heterocycles. The van der Waals surface area contributed by atoms with Crippen LogP contribution < -0.4 is 19.1 Å². The number of sulfonamides is 1. The zero-order chi connectivity index (χ0) is 27.9. The third kappa shape index (κ3) is 8.26. The van der Waals surface area contributed by atoms with Crippen molar-refractivity contribution in [2.45, 2.75) is 46.2 Å². The lowest BCUT2D eigenvalue weighted by Gasteiger charge is -2.30. The normalized spacial score (nSPS) is 13.6. The van der Waals surface area contributed by atoms with Gasteiger partial charge in [0, 0.05) is 37.1 Å². The molecule has 1 unspecified atom stereocenters. The molecule has 1 aliphatic heterocycles. The van der Waals surface area contributed by atoms with Crippen LogP contribution in [-0.4, -0.2) is 63.7 Å². The molecule has 1 atom stereocenters. The number of halogens is 1. The summed E-state index contributed by atoms with van der Waals surface area (Å²) in [5, 5.41) is 3.42. The molecule has 38 heavy (non-hydrogen) atoms. The van der Waals surface area contributed by atoms with E-state index in [2.05, 4.69) is 5.32 Å². The second-order valence-corrected chi connectivity index (χ2v) is 12.1. The predicted molar refractivity (Wildman–Crippen MR) is 148 cm³/mol. The van der Waals surface area contributed by atoms with Crippen LogP contribution in [0.3, 0.4) is 0 Å². The summed E-state index contributed by atoms with van der Waals surface area (Å²) >= 11 is 6.14. The molecular formula is C27H36ClN3O6S. The van der Waals surface area contributed by atoms with E-state index in [1.807, 2.05) is 19.9 Å². The smallest absolute Gasteiger partial charge is 0.242 e. The van der Waals surface area contributed by atoms with Crippen molar-refractivity contribution in [2.24, 2.45) is 5.92 Å². The van der Waals surface area contributed by atoms with Gasteiger partial charge in [0.25, 0.3) is 0 Å². The fourth-order valence-electron chi connectivity index (χ4n) is 4.06. The second-order valence-electron chi connectivity index (χ2n) is 9.73. The largest absolute Gasteiger partial charge is 0.486 e. The van der Waals surface area contributed by atoms with Gasteiger partial charge in [0.2, 0.25) is 21.8 Å². The van der Waals surface area contributed by atoms with E-state index in [0.29, 0.717) is 42.0 Å². The summed E-state index contributed by atoms with van der Waals surface area (Å²) < 4.78 is 37.6. The number of fused-ring (bicyclic) bond motifs is 1. The van der Waals surface area contributed by atoms with Crippen molar-refractivity contribution in [1.82, 2.24) is 10.2 Å². The van der Waals surface area contributed by atoms with Gasteiger partial charge in [-0.3, -0.25) is 13.9 Å². The maximum absolute atomic E-state index is 13.4. The molecule has 0 fully saturated rings. The summed E-state index contributed by atoms with van der Waals surface area (Å²) in [6.45, 7) is 7.29. The molecule has 11 heteroatoms. The zero-order valence-corrected chi connectivity index (χ0v) is 23.8. The molecule has 0 aromatic heterocycles. The molecular weight excluding hydrogens is 530 g/mol. The lowest BCUT2D eigenvalue weighted by atomic mass is 10.1. The predicted octanol–water partition coefficient (Wildman–Crippen LogP) is 3.85. The Morgan fingerprint density at radius 1 is 1.05 bits per heavy atom. The monoisotopic (exact) mass is 565 g/mol. The van der Waals surface area contributed by atoms with Crippen LogP contribution in [0.4, 0.5) is 5.69 Å². The molecule has 2 aromatic rings. The molecule has 1 aliphatic rings. The van der Waals surface area contributed by atoms with Crippen molar-refractivity contribution >= 4 is 39.1 Å². The number of hydrogen-bond donors (Lipinski definition) is 1. The van der Waals surface area contributed by atoms with E-state index in [9.17, 15) is 18.0 Å². The Morgan fingerprint density at radius 3 is 2.42 bits per heavy atom. The van der Waals surface area contributed by atoms with Crippen LogP contribution in [0.2, 0.25) is 5.02 Å². The summed E-state index contributed by atoms with van der Waals surface area (Å²) in [5.41, 5.74) is 1.23. The maximum Gasteiger partial charge on any atom is 0.242 e. The summed E-state index contributed by atoms with van der Waals surface area (Å²) in [6, 6.07) is 11.4. The molecule has 2 aromatic carbocycles. The Labute approximate surface area is 230 Å². The number of nitrogens with zero attached hydrogens (tertiary/aromatic N) is 2. The second kappa shape index (κ2) is 13.2. The fraction of sp³-hybridized carbons (Fsp3) is 0.481. The van der Waals surface area contributed by atoms with Crippen molar-refractivity contribution in [3.8, 4) is 11.5 Å². The third-order valence-corrected chi connectivity index (χ3v) is 7.49. The van der Waals surface area contributed by atoms with E-state index in [4.69, 9.17) is 21.1 Å². The zero-order valence-electron chi connectivity index (χ0n) is 22.3. The Hall–Kier alpha value is -2.98. The molecule has 208 valence electrons. The van der Waals surface area contributed by atoms with Gasteiger partial charge in [0.05, 0.1) is 11.9 Å². The first-order chi connectivity index (χ1) is 18.0. The lowest BCUT2D eigenvalue weighted by molar-refractivity contribution is -0.140. The highest BCUT2D eigenvalue weighted by molar-refractivity contribution is 7.92. The van der Waals surface area contributed by atoms with Gasteiger partial charge in [-0.1, -0.05) is 37.6 Å². The number of benzene rings is 2. The van der Waals surface area contributed by atoms with Crippen molar-refractivity contribution in [3.63, 3.8) is 0 Å². The minimum absolute atomic E-state index is 0.0545. The van der Waals surface area contributed by atoms with Gasteiger partial charge in [0.1, 0.15) is 19.3 Å². The summed E-state index contributed by atoms with van der Waals surface area (Å²) in [5.74, 6) is 0.805. The molecule has 0 bridgehead atoms. The van der Waals surface area contributed by atoms with E-state index in [-0.39, 0.29) is 43.7 Å². The lowest BCUT2D eigenvalue weighted by Crippen LogP contribution is -2.48. The number of hydrogen-bond acceptors (Lipinski definition) is 6. The Balaban J connectivity index is 1.73. The van der Waals surface area contributed by atoms with Crippen molar-refractivity contribution in [1.29, 1.82) is 0 Å². The summed E-state index contributed by atoms with van der Waals surface area (Å²) in [6.07, 6.45) is 1.43. The molecule has 0 aliphatic carbocycles. The molecule has 3 rings (SSSR count). The number of carbonyl (C=O) groups is 2. The highest BCUT2D eigenvalue weighted by Crippen LogP contribution is 2.34. The minimum atomic E-state index is -3.63. The van der Waals surface area contributed by atoms with E-state index < -0.39 is 16.1 Å². The van der Waals surface area contributed by atoms with E-state index in [0.717, 1.165) is 11.8 Å². The Bertz CT molecular complexity index is 1240. The van der Waals surface area contributed by atoms with Gasteiger partial charge in [-0.15, -0.1) is 0 Å². The SMILES string of the molecule is CC(C)CNC(=O)C(C)N(Cc1cccc(Cl)c1)C(=O)CCCN(c1ccc2c(c1)OCCO2)S(C)(=O)=O. The Morgan fingerprint density at radius 2 is 1.76 bits per heavy atom. The van der Waals surface area contributed by atoms with Crippen LogP contribution >= 0.6 is 11.6 Å². The quantitative estimate of drug-likeness (QED) is 0.419. The van der Waals surface area contributed by atoms with Crippen LogP contribution in [0, 0.1) is 5.92 Å². The molecule has 0 saturated carbocycles. The molecule has 9 nitrogen and oxygen atoms in total. The van der Waals surface area contributed by atoms with Gasteiger partial charge in [-0.2, -0.15) is 0 Å². The number of nitrogens with one attached hydrogen (secondary N) is 1. The van der Waals surface area contributed by atoms with Gasteiger partial charge in [-0.05, 0) is 49.1 Å². The van der Waals surface area contributed by atoms with E-state index in [1.54, 1.807) is 43.3 Å². The minimum Gasteiger partial charge on any atom is -0.486 e. The average Bonchev–Trinajstić information content (AvgIpc) is 2.86. The van der Waals surface area contributed by atoms with Gasteiger partial charge in [0.15, 0.2) is 11.5 Å². The third-order valence-electron chi connectivity index (χ3n) is 6.06. The highest BCUT2D eigenvalue weighted by atomic mass is 35.5. The number of rotatable bonds is 12. The molecule has 0 radical (unpaired) electrons. The van der Waals surface area contributed by atoms with Crippen LogP contribution in [0.5, 0.6) is 11.5 Å². The number of carbonyl (C=O) groups excluding carboxylic acids is 2. The van der Waals surface area contributed by atoms with E-state index >= 15 is 0 Å². The van der Waals surface area contributed by atoms with Crippen LogP contribution in [-0.2, 0) is 26.2 Å². The first-order valence-corrected chi connectivity index (χ1v) is 14.9. The fourth-order valence-corrected chi connectivity index (χ4v) is 5.23. The topological polar surface area (TPSA) is 105 Å². The first-order valence-electron chi connectivity index (χ1n) is 12.6. The number of amides is 2. The van der Waals surface area contributed by atoms with Crippen molar-refractivity contribution in [3.05, 3.63) is 53.1 Å². The van der Waals surface area contributed by atoms with Crippen LogP contribution in [0.25, 0.3) is 0 Å². The highest BCUT2D eigenvalue weighted by Gasteiger charge is 2.27. The molecule has 1 N–H and O–H groups in total. The maximum atomic E-state index is 13.4. The number of anilines is 1. The van der Waals surface area contributed by atoms with Gasteiger partial charge in [-0.25, -0.2) is 8.42 Å². The summed E-state index contributed by atoms with van der Waals surface area (Å²) in [7, 11) is -3.63. The first kappa shape index (κ1) is 29.6. The van der Waals surface area contributed by atoms with Crippen molar-refractivity contribution < 1.29 is 27.5 Å². The molecule has 0 saturated heterocycles. The molecule has 2 amide bonds. The van der Waals surface area contributed by atoms with Crippen molar-refractivity contribution in [2.75, 3.05) is 36.9 Å². The van der Waals surface area contributed by atoms with Crippen LogP contribution in [0.15, 0.2) is 42.5 Å². The number of ether oxygens (including phenoxy) is 2. The van der Waals surface area contributed by atoms with Crippen LogP contribution in [0.1, 0.15) is 39.2 Å². The molecule has 0 spiro atoms. The average molecular weight is 566 g/mol. The van der Waals surface area contributed by atoms with Gasteiger partial charge < -0.3 is 19.7 Å².